The van der Waals surface area contributed by atoms with Gasteiger partial charge in [-0.15, -0.1) is 0 Å². The molecule has 0 aliphatic carbocycles. The fourth-order valence-corrected chi connectivity index (χ4v) is 2.56. The first kappa shape index (κ1) is 11.3. The van der Waals surface area contributed by atoms with Gasteiger partial charge in [0.2, 0.25) is 0 Å². The van der Waals surface area contributed by atoms with Gasteiger partial charge in [0.1, 0.15) is 5.82 Å². The Labute approximate surface area is 107 Å². The SMILES string of the molecule is CCc1nc(CC2CNc3ccccc32)n(C)n1. The lowest BCUT2D eigenvalue weighted by Crippen LogP contribution is -2.09. The molecule has 0 saturated carbocycles. The summed E-state index contributed by atoms with van der Waals surface area (Å²) in [6, 6.07) is 8.53. The first-order valence-electron chi connectivity index (χ1n) is 6.49. The third-order valence-corrected chi connectivity index (χ3v) is 3.58. The number of fused-ring (bicyclic) bond motifs is 1. The fraction of sp³-hybridized carbons (Fsp3) is 0.429. The highest BCUT2D eigenvalue weighted by Crippen LogP contribution is 2.32. The van der Waals surface area contributed by atoms with Gasteiger partial charge < -0.3 is 5.32 Å². The van der Waals surface area contributed by atoms with Crippen molar-refractivity contribution < 1.29 is 0 Å². The van der Waals surface area contributed by atoms with Crippen molar-refractivity contribution in [3.63, 3.8) is 0 Å². The van der Waals surface area contributed by atoms with Gasteiger partial charge in [-0.1, -0.05) is 25.1 Å². The van der Waals surface area contributed by atoms with Crippen LogP contribution in [0.15, 0.2) is 24.3 Å². The second-order valence-corrected chi connectivity index (χ2v) is 4.79. The van der Waals surface area contributed by atoms with Gasteiger partial charge in [-0.05, 0) is 11.6 Å². The van der Waals surface area contributed by atoms with Crippen molar-refractivity contribution in [2.75, 3.05) is 11.9 Å². The van der Waals surface area contributed by atoms with Crippen molar-refractivity contribution in [3.8, 4) is 0 Å². The van der Waals surface area contributed by atoms with Gasteiger partial charge in [-0.2, -0.15) is 5.10 Å². The van der Waals surface area contributed by atoms with E-state index in [1.165, 1.54) is 11.3 Å². The molecular formula is C14H18N4. The van der Waals surface area contributed by atoms with E-state index in [-0.39, 0.29) is 0 Å². The van der Waals surface area contributed by atoms with E-state index in [4.69, 9.17) is 0 Å². The molecule has 1 aliphatic rings. The molecule has 2 aromatic rings. The molecule has 0 bridgehead atoms. The van der Waals surface area contributed by atoms with Crippen LogP contribution in [0.1, 0.15) is 30.1 Å². The Morgan fingerprint density at radius 3 is 3.00 bits per heavy atom. The van der Waals surface area contributed by atoms with Crippen LogP contribution in [0.25, 0.3) is 0 Å². The molecule has 3 rings (SSSR count). The molecule has 1 N–H and O–H groups in total. The van der Waals surface area contributed by atoms with Crippen LogP contribution in [0, 0.1) is 0 Å². The molecule has 4 nitrogen and oxygen atoms in total. The van der Waals surface area contributed by atoms with E-state index >= 15 is 0 Å². The highest BCUT2D eigenvalue weighted by Gasteiger charge is 2.23. The zero-order chi connectivity index (χ0) is 12.5. The van der Waals surface area contributed by atoms with Crippen LogP contribution in [0.4, 0.5) is 5.69 Å². The number of aromatic nitrogens is 3. The Kier molecular flexibility index (Phi) is 2.78. The van der Waals surface area contributed by atoms with Crippen LogP contribution in [-0.2, 0) is 19.9 Å². The minimum absolute atomic E-state index is 0.508. The highest BCUT2D eigenvalue weighted by molar-refractivity contribution is 5.57. The van der Waals surface area contributed by atoms with Gasteiger partial charge in [-0.25, -0.2) is 4.98 Å². The molecule has 0 radical (unpaired) electrons. The van der Waals surface area contributed by atoms with Crippen molar-refractivity contribution in [1.82, 2.24) is 14.8 Å². The average molecular weight is 242 g/mol. The van der Waals surface area contributed by atoms with E-state index in [2.05, 4.69) is 46.6 Å². The monoisotopic (exact) mass is 242 g/mol. The van der Waals surface area contributed by atoms with E-state index in [9.17, 15) is 0 Å². The van der Waals surface area contributed by atoms with E-state index in [0.29, 0.717) is 5.92 Å². The van der Waals surface area contributed by atoms with E-state index in [1.807, 2.05) is 11.7 Å². The molecule has 4 heteroatoms. The number of aryl methyl sites for hydroxylation is 2. The molecule has 18 heavy (non-hydrogen) atoms. The Bertz CT molecular complexity index is 559. The van der Waals surface area contributed by atoms with Gasteiger partial charge in [0.15, 0.2) is 5.82 Å². The lowest BCUT2D eigenvalue weighted by atomic mass is 9.98. The Morgan fingerprint density at radius 2 is 2.22 bits per heavy atom. The standard InChI is InChI=1S/C14H18N4/c1-3-13-16-14(18(2)17-13)8-10-9-15-12-7-5-4-6-11(10)12/h4-7,10,15H,3,8-9H2,1-2H3. The Balaban J connectivity index is 1.84. The second-order valence-electron chi connectivity index (χ2n) is 4.79. The number of nitrogens with zero attached hydrogens (tertiary/aromatic N) is 3. The number of hydrogen-bond acceptors (Lipinski definition) is 3. The van der Waals surface area contributed by atoms with Crippen LogP contribution >= 0.6 is 0 Å². The van der Waals surface area contributed by atoms with Gasteiger partial charge in [0, 0.05) is 38.0 Å². The Morgan fingerprint density at radius 1 is 1.39 bits per heavy atom. The van der Waals surface area contributed by atoms with Crippen molar-refractivity contribution in [2.45, 2.75) is 25.7 Å². The van der Waals surface area contributed by atoms with Crippen molar-refractivity contribution in [1.29, 1.82) is 0 Å². The third kappa shape index (κ3) is 1.88. The molecule has 1 aromatic carbocycles. The van der Waals surface area contributed by atoms with Crippen LogP contribution in [0.5, 0.6) is 0 Å². The highest BCUT2D eigenvalue weighted by atomic mass is 15.3. The summed E-state index contributed by atoms with van der Waals surface area (Å²) in [6.07, 6.45) is 1.85. The molecule has 94 valence electrons. The maximum Gasteiger partial charge on any atom is 0.150 e. The maximum atomic E-state index is 4.59. The molecule has 0 saturated heterocycles. The first-order valence-corrected chi connectivity index (χ1v) is 6.49. The smallest absolute Gasteiger partial charge is 0.150 e. The molecule has 1 aliphatic heterocycles. The molecule has 0 fully saturated rings. The fourth-order valence-electron chi connectivity index (χ4n) is 2.56. The van der Waals surface area contributed by atoms with E-state index in [1.54, 1.807) is 0 Å². The molecule has 1 atom stereocenters. The van der Waals surface area contributed by atoms with Crippen LogP contribution < -0.4 is 5.32 Å². The normalized spacial score (nSPS) is 17.6. The van der Waals surface area contributed by atoms with Crippen LogP contribution in [0.2, 0.25) is 0 Å². The summed E-state index contributed by atoms with van der Waals surface area (Å²) in [5, 5.41) is 7.87. The van der Waals surface area contributed by atoms with Gasteiger partial charge in [0.25, 0.3) is 0 Å². The van der Waals surface area contributed by atoms with E-state index in [0.717, 1.165) is 31.0 Å². The minimum atomic E-state index is 0.508. The average Bonchev–Trinajstić information content (AvgIpc) is 2.95. The lowest BCUT2D eigenvalue weighted by molar-refractivity contribution is 0.641. The molecule has 0 amide bonds. The molecular weight excluding hydrogens is 224 g/mol. The van der Waals surface area contributed by atoms with Crippen LogP contribution in [0.3, 0.4) is 0 Å². The summed E-state index contributed by atoms with van der Waals surface area (Å²) in [5.41, 5.74) is 2.67. The zero-order valence-corrected chi connectivity index (χ0v) is 10.8. The predicted octanol–water partition coefficient (Wildman–Crippen LogP) is 2.13. The number of hydrogen-bond donors (Lipinski definition) is 1. The van der Waals surface area contributed by atoms with Crippen molar-refractivity contribution in [3.05, 3.63) is 41.5 Å². The number of benzene rings is 1. The largest absolute Gasteiger partial charge is 0.384 e. The predicted molar refractivity (Wildman–Crippen MR) is 71.8 cm³/mol. The van der Waals surface area contributed by atoms with Gasteiger partial charge >= 0.3 is 0 Å². The quantitative estimate of drug-likeness (QED) is 0.896. The Hall–Kier alpha value is -1.84. The van der Waals surface area contributed by atoms with Crippen LogP contribution in [-0.4, -0.2) is 21.3 Å². The summed E-state index contributed by atoms with van der Waals surface area (Å²) < 4.78 is 1.92. The van der Waals surface area contributed by atoms with E-state index < -0.39 is 0 Å². The molecule has 2 heterocycles. The molecule has 1 unspecified atom stereocenters. The summed E-state index contributed by atoms with van der Waals surface area (Å²) >= 11 is 0. The van der Waals surface area contributed by atoms with Gasteiger partial charge in [-0.3, -0.25) is 4.68 Å². The van der Waals surface area contributed by atoms with Crippen molar-refractivity contribution in [2.24, 2.45) is 7.05 Å². The number of para-hydroxylation sites is 1. The minimum Gasteiger partial charge on any atom is -0.384 e. The first-order chi connectivity index (χ1) is 8.78. The zero-order valence-electron chi connectivity index (χ0n) is 10.8. The summed E-state index contributed by atoms with van der Waals surface area (Å²) in [4.78, 5) is 4.59. The third-order valence-electron chi connectivity index (χ3n) is 3.58. The summed E-state index contributed by atoms with van der Waals surface area (Å²) in [6.45, 7) is 3.08. The molecule has 0 spiro atoms. The maximum absolute atomic E-state index is 4.59. The number of rotatable bonds is 3. The number of anilines is 1. The second kappa shape index (κ2) is 4.44. The van der Waals surface area contributed by atoms with Crippen molar-refractivity contribution >= 4 is 5.69 Å². The molecule has 1 aromatic heterocycles. The van der Waals surface area contributed by atoms with Gasteiger partial charge in [0.05, 0.1) is 0 Å². The lowest BCUT2D eigenvalue weighted by Gasteiger charge is -2.08. The topological polar surface area (TPSA) is 42.7 Å². The summed E-state index contributed by atoms with van der Waals surface area (Å²) in [5.74, 6) is 2.52. The summed E-state index contributed by atoms with van der Waals surface area (Å²) in [7, 11) is 1.98. The number of nitrogens with one attached hydrogen (secondary N) is 1.